The van der Waals surface area contributed by atoms with Crippen molar-refractivity contribution < 1.29 is 19.1 Å². The minimum Gasteiger partial charge on any atom is -0.462 e. The van der Waals surface area contributed by atoms with Crippen molar-refractivity contribution in [2.75, 3.05) is 17.2 Å². The lowest BCUT2D eigenvalue weighted by molar-refractivity contribution is -0.125. The van der Waals surface area contributed by atoms with E-state index < -0.39 is 12.0 Å². The van der Waals surface area contributed by atoms with Gasteiger partial charge in [0.05, 0.1) is 18.6 Å². The van der Waals surface area contributed by atoms with Gasteiger partial charge in [-0.25, -0.2) is 9.48 Å². The fourth-order valence-corrected chi connectivity index (χ4v) is 2.50. The number of benzene rings is 1. The Morgan fingerprint density at radius 2 is 2.08 bits per heavy atom. The standard InChI is InChI=1S/C16H17N5O4/c1-3-25-15(24)10-4-6-11(7-5-10)18-14(23)12-8-13(22)19-16-17-9(2)20-21(12)16/h4-7,12H,3,8H2,1-2H3,(H,18,23)(H,17,19,20,22). The van der Waals surface area contributed by atoms with Crippen LogP contribution in [-0.4, -0.2) is 39.2 Å². The smallest absolute Gasteiger partial charge is 0.338 e. The summed E-state index contributed by atoms with van der Waals surface area (Å²) in [5, 5.41) is 9.46. The molecule has 2 heterocycles. The molecule has 0 saturated carbocycles. The van der Waals surface area contributed by atoms with Crippen LogP contribution >= 0.6 is 0 Å². The Morgan fingerprint density at radius 3 is 2.76 bits per heavy atom. The van der Waals surface area contributed by atoms with Crippen LogP contribution in [0.4, 0.5) is 11.6 Å². The molecule has 1 aromatic heterocycles. The van der Waals surface area contributed by atoms with Crippen LogP contribution < -0.4 is 10.6 Å². The summed E-state index contributed by atoms with van der Waals surface area (Å²) in [6, 6.07) is 5.54. The summed E-state index contributed by atoms with van der Waals surface area (Å²) in [6.45, 7) is 3.70. The second-order valence-electron chi connectivity index (χ2n) is 5.48. The molecule has 2 aromatic rings. The van der Waals surface area contributed by atoms with Gasteiger partial charge < -0.3 is 10.1 Å². The highest BCUT2D eigenvalue weighted by molar-refractivity contribution is 6.01. The average Bonchev–Trinajstić information content (AvgIpc) is 2.94. The van der Waals surface area contributed by atoms with Gasteiger partial charge in [0.1, 0.15) is 11.9 Å². The van der Waals surface area contributed by atoms with E-state index in [1.165, 1.54) is 4.68 Å². The molecule has 0 spiro atoms. The number of carbonyl (C=O) groups is 3. The molecule has 0 bridgehead atoms. The van der Waals surface area contributed by atoms with E-state index in [0.29, 0.717) is 23.7 Å². The Hall–Kier alpha value is -3.23. The van der Waals surface area contributed by atoms with Gasteiger partial charge in [0.2, 0.25) is 17.8 Å². The molecular formula is C16H17N5O4. The number of hydrogen-bond donors (Lipinski definition) is 2. The summed E-state index contributed by atoms with van der Waals surface area (Å²) in [5.74, 6) is -0.380. The number of hydrogen-bond acceptors (Lipinski definition) is 6. The van der Waals surface area contributed by atoms with Gasteiger partial charge in [0, 0.05) is 5.69 Å². The summed E-state index contributed by atoms with van der Waals surface area (Å²) in [6.07, 6.45) is -0.0253. The number of carbonyl (C=O) groups excluding carboxylic acids is 3. The van der Waals surface area contributed by atoms with Crippen LogP contribution in [0.1, 0.15) is 35.6 Å². The molecule has 0 aliphatic carbocycles. The van der Waals surface area contributed by atoms with E-state index in [9.17, 15) is 14.4 Å². The number of ether oxygens (including phenoxy) is 1. The van der Waals surface area contributed by atoms with Crippen LogP contribution in [0.2, 0.25) is 0 Å². The zero-order valence-corrected chi connectivity index (χ0v) is 13.8. The Kier molecular flexibility index (Phi) is 4.46. The Bertz CT molecular complexity index is 828. The maximum Gasteiger partial charge on any atom is 0.338 e. The third-order valence-corrected chi connectivity index (χ3v) is 3.63. The molecule has 1 atom stereocenters. The van der Waals surface area contributed by atoms with E-state index in [1.54, 1.807) is 38.1 Å². The molecule has 130 valence electrons. The van der Waals surface area contributed by atoms with E-state index in [-0.39, 0.29) is 24.2 Å². The van der Waals surface area contributed by atoms with Crippen molar-refractivity contribution in [3.63, 3.8) is 0 Å². The minimum absolute atomic E-state index is 0.0253. The summed E-state index contributed by atoms with van der Waals surface area (Å²) in [4.78, 5) is 40.0. The minimum atomic E-state index is -0.783. The first-order chi connectivity index (χ1) is 12.0. The lowest BCUT2D eigenvalue weighted by Gasteiger charge is -2.22. The van der Waals surface area contributed by atoms with Crippen molar-refractivity contribution >= 4 is 29.4 Å². The lowest BCUT2D eigenvalue weighted by atomic mass is 10.1. The number of rotatable bonds is 4. The van der Waals surface area contributed by atoms with Crippen LogP contribution in [-0.2, 0) is 14.3 Å². The van der Waals surface area contributed by atoms with Crippen LogP contribution in [0.15, 0.2) is 24.3 Å². The molecule has 9 nitrogen and oxygen atoms in total. The van der Waals surface area contributed by atoms with Gasteiger partial charge in [-0.1, -0.05) is 0 Å². The molecule has 3 rings (SSSR count). The number of esters is 1. The number of aromatic nitrogens is 3. The van der Waals surface area contributed by atoms with E-state index in [4.69, 9.17) is 4.74 Å². The predicted octanol–water partition coefficient (Wildman–Crippen LogP) is 1.29. The van der Waals surface area contributed by atoms with E-state index >= 15 is 0 Å². The zero-order valence-electron chi connectivity index (χ0n) is 13.8. The number of nitrogens with one attached hydrogen (secondary N) is 2. The molecule has 9 heteroatoms. The molecule has 25 heavy (non-hydrogen) atoms. The highest BCUT2D eigenvalue weighted by atomic mass is 16.5. The number of fused-ring (bicyclic) bond motifs is 1. The Labute approximate surface area is 143 Å². The van der Waals surface area contributed by atoms with Gasteiger partial charge >= 0.3 is 5.97 Å². The molecule has 2 amide bonds. The first-order valence-electron chi connectivity index (χ1n) is 7.79. The molecule has 0 saturated heterocycles. The lowest BCUT2D eigenvalue weighted by Crippen LogP contribution is -2.36. The van der Waals surface area contributed by atoms with Crippen molar-refractivity contribution in [1.29, 1.82) is 0 Å². The highest BCUT2D eigenvalue weighted by Crippen LogP contribution is 2.24. The van der Waals surface area contributed by atoms with Crippen molar-refractivity contribution in [2.45, 2.75) is 26.3 Å². The van der Waals surface area contributed by atoms with Crippen molar-refractivity contribution in [2.24, 2.45) is 0 Å². The third kappa shape index (κ3) is 3.49. The molecule has 2 N–H and O–H groups in total. The summed E-state index contributed by atoms with van der Waals surface area (Å²) >= 11 is 0. The normalized spacial score (nSPS) is 15.9. The fraction of sp³-hybridized carbons (Fsp3) is 0.312. The second kappa shape index (κ2) is 6.71. The van der Waals surface area contributed by atoms with E-state index in [1.807, 2.05) is 0 Å². The van der Waals surface area contributed by atoms with E-state index in [0.717, 1.165) is 0 Å². The summed E-state index contributed by atoms with van der Waals surface area (Å²) in [5.41, 5.74) is 0.897. The monoisotopic (exact) mass is 343 g/mol. The van der Waals surface area contributed by atoms with Crippen molar-refractivity contribution in [3.05, 3.63) is 35.7 Å². The quantitative estimate of drug-likeness (QED) is 0.808. The Morgan fingerprint density at radius 1 is 1.36 bits per heavy atom. The molecular weight excluding hydrogens is 326 g/mol. The summed E-state index contributed by atoms with van der Waals surface area (Å²) in [7, 11) is 0. The van der Waals surface area contributed by atoms with Crippen LogP contribution in [0, 0.1) is 6.92 Å². The van der Waals surface area contributed by atoms with Crippen molar-refractivity contribution in [1.82, 2.24) is 14.8 Å². The Balaban J connectivity index is 1.74. The molecule has 0 fully saturated rings. The third-order valence-electron chi connectivity index (χ3n) is 3.63. The SMILES string of the molecule is CCOC(=O)c1ccc(NC(=O)C2CC(=O)Nc3nc(C)nn32)cc1. The van der Waals surface area contributed by atoms with Crippen molar-refractivity contribution in [3.8, 4) is 0 Å². The molecule has 1 aliphatic heterocycles. The maximum atomic E-state index is 12.5. The van der Waals surface area contributed by atoms with Crippen LogP contribution in [0.5, 0.6) is 0 Å². The van der Waals surface area contributed by atoms with Gasteiger partial charge in [-0.15, -0.1) is 0 Å². The van der Waals surface area contributed by atoms with Gasteiger partial charge in [-0.05, 0) is 38.1 Å². The van der Waals surface area contributed by atoms with Gasteiger partial charge in [0.15, 0.2) is 0 Å². The molecule has 0 radical (unpaired) electrons. The van der Waals surface area contributed by atoms with Gasteiger partial charge in [-0.3, -0.25) is 14.9 Å². The number of nitrogens with zero attached hydrogens (tertiary/aromatic N) is 3. The average molecular weight is 343 g/mol. The van der Waals surface area contributed by atoms with Gasteiger partial charge in [0.25, 0.3) is 0 Å². The van der Waals surface area contributed by atoms with Crippen LogP contribution in [0.3, 0.4) is 0 Å². The zero-order chi connectivity index (χ0) is 18.0. The van der Waals surface area contributed by atoms with Crippen LogP contribution in [0.25, 0.3) is 0 Å². The molecule has 1 aromatic carbocycles. The first-order valence-corrected chi connectivity index (χ1v) is 7.79. The predicted molar refractivity (Wildman–Crippen MR) is 88.1 cm³/mol. The van der Waals surface area contributed by atoms with Gasteiger partial charge in [-0.2, -0.15) is 10.1 Å². The second-order valence-corrected chi connectivity index (χ2v) is 5.48. The summed E-state index contributed by atoms with van der Waals surface area (Å²) < 4.78 is 6.31. The topological polar surface area (TPSA) is 115 Å². The number of amides is 2. The number of anilines is 2. The largest absolute Gasteiger partial charge is 0.462 e. The number of aryl methyl sites for hydroxylation is 1. The fourth-order valence-electron chi connectivity index (χ4n) is 2.50. The molecule has 1 unspecified atom stereocenters. The maximum absolute atomic E-state index is 12.5. The highest BCUT2D eigenvalue weighted by Gasteiger charge is 2.32. The molecule has 1 aliphatic rings. The first kappa shape index (κ1) is 16.6. The van der Waals surface area contributed by atoms with E-state index in [2.05, 4.69) is 20.7 Å².